The number of rotatable bonds is 4. The van der Waals surface area contributed by atoms with E-state index in [1.807, 2.05) is 6.92 Å². The predicted octanol–water partition coefficient (Wildman–Crippen LogP) is 2.37. The molecular formula is C13H18O4. The summed E-state index contributed by atoms with van der Waals surface area (Å²) in [5.74, 6) is 0.365. The number of aliphatic carboxylic acids is 1. The fourth-order valence-corrected chi connectivity index (χ4v) is 1.77. The van der Waals surface area contributed by atoms with Gasteiger partial charge in [0.2, 0.25) is 0 Å². The quantitative estimate of drug-likeness (QED) is 0.875. The van der Waals surface area contributed by atoms with Gasteiger partial charge in [0.25, 0.3) is 0 Å². The molecule has 0 heterocycles. The Morgan fingerprint density at radius 1 is 1.24 bits per heavy atom. The SMILES string of the molecule is COc1ccc(C(C)(C)C(=O)O)c(OC)c1C. The van der Waals surface area contributed by atoms with Gasteiger partial charge < -0.3 is 14.6 Å². The summed E-state index contributed by atoms with van der Waals surface area (Å²) < 4.78 is 10.5. The predicted molar refractivity (Wildman–Crippen MR) is 64.9 cm³/mol. The first kappa shape index (κ1) is 13.4. The molecule has 1 N–H and O–H groups in total. The van der Waals surface area contributed by atoms with Gasteiger partial charge in [-0.25, -0.2) is 0 Å². The number of hydrogen-bond acceptors (Lipinski definition) is 3. The molecule has 0 aliphatic rings. The molecule has 0 saturated carbocycles. The van der Waals surface area contributed by atoms with E-state index in [4.69, 9.17) is 9.47 Å². The number of hydrogen-bond donors (Lipinski definition) is 1. The molecule has 1 aromatic rings. The molecule has 0 amide bonds. The van der Waals surface area contributed by atoms with E-state index >= 15 is 0 Å². The van der Waals surface area contributed by atoms with Crippen molar-refractivity contribution in [2.45, 2.75) is 26.2 Å². The van der Waals surface area contributed by atoms with Crippen LogP contribution in [0.4, 0.5) is 0 Å². The number of benzene rings is 1. The average Bonchev–Trinajstić information content (AvgIpc) is 2.28. The normalized spacial score (nSPS) is 11.1. The Morgan fingerprint density at radius 3 is 2.24 bits per heavy atom. The third-order valence-electron chi connectivity index (χ3n) is 2.99. The van der Waals surface area contributed by atoms with Gasteiger partial charge in [-0.3, -0.25) is 4.79 Å². The third kappa shape index (κ3) is 2.20. The van der Waals surface area contributed by atoms with Crippen molar-refractivity contribution in [3.05, 3.63) is 23.3 Å². The maximum absolute atomic E-state index is 11.3. The van der Waals surface area contributed by atoms with E-state index < -0.39 is 11.4 Å². The molecule has 1 aromatic carbocycles. The van der Waals surface area contributed by atoms with E-state index in [1.54, 1.807) is 33.1 Å². The second kappa shape index (κ2) is 4.65. The fourth-order valence-electron chi connectivity index (χ4n) is 1.77. The van der Waals surface area contributed by atoms with E-state index in [2.05, 4.69) is 0 Å². The van der Waals surface area contributed by atoms with Crippen LogP contribution in [-0.4, -0.2) is 25.3 Å². The minimum absolute atomic E-state index is 0.566. The van der Waals surface area contributed by atoms with Gasteiger partial charge in [0.15, 0.2) is 0 Å². The van der Waals surface area contributed by atoms with Gasteiger partial charge >= 0.3 is 5.97 Å². The summed E-state index contributed by atoms with van der Waals surface area (Å²) in [6.45, 7) is 5.15. The van der Waals surface area contributed by atoms with Crippen molar-refractivity contribution in [1.29, 1.82) is 0 Å². The second-order valence-electron chi connectivity index (χ2n) is 4.40. The zero-order chi connectivity index (χ0) is 13.2. The molecule has 0 bridgehead atoms. The molecule has 94 valence electrons. The highest BCUT2D eigenvalue weighted by Crippen LogP contribution is 2.38. The number of carbonyl (C=O) groups is 1. The first-order valence-electron chi connectivity index (χ1n) is 5.31. The highest BCUT2D eigenvalue weighted by Gasteiger charge is 2.33. The molecule has 0 radical (unpaired) electrons. The lowest BCUT2D eigenvalue weighted by Crippen LogP contribution is -2.29. The van der Waals surface area contributed by atoms with E-state index in [1.165, 1.54) is 7.11 Å². The summed E-state index contributed by atoms with van der Waals surface area (Å²) in [5.41, 5.74) is 0.454. The summed E-state index contributed by atoms with van der Waals surface area (Å²) in [6.07, 6.45) is 0. The first-order valence-corrected chi connectivity index (χ1v) is 5.31. The van der Waals surface area contributed by atoms with Crippen LogP contribution in [0.1, 0.15) is 25.0 Å². The van der Waals surface area contributed by atoms with Crippen LogP contribution < -0.4 is 9.47 Å². The Bertz CT molecular complexity index is 435. The van der Waals surface area contributed by atoms with Gasteiger partial charge in [0.1, 0.15) is 11.5 Å². The molecule has 0 aromatic heterocycles. The number of methoxy groups -OCH3 is 2. The Morgan fingerprint density at radius 2 is 1.82 bits per heavy atom. The van der Waals surface area contributed by atoms with Gasteiger partial charge in [0.05, 0.1) is 19.6 Å². The first-order chi connectivity index (χ1) is 7.86. The summed E-state index contributed by atoms with van der Waals surface area (Å²) in [6, 6.07) is 3.50. The molecule has 0 aliphatic heterocycles. The maximum Gasteiger partial charge on any atom is 0.313 e. The minimum atomic E-state index is -0.998. The van der Waals surface area contributed by atoms with Crippen LogP contribution in [0.15, 0.2) is 12.1 Å². The number of carboxylic acids is 1. The average molecular weight is 238 g/mol. The second-order valence-corrected chi connectivity index (χ2v) is 4.40. The van der Waals surface area contributed by atoms with Crippen molar-refractivity contribution in [2.24, 2.45) is 0 Å². The highest BCUT2D eigenvalue weighted by molar-refractivity contribution is 5.82. The topological polar surface area (TPSA) is 55.8 Å². The van der Waals surface area contributed by atoms with E-state index in [-0.39, 0.29) is 0 Å². The van der Waals surface area contributed by atoms with Crippen LogP contribution in [-0.2, 0) is 10.2 Å². The van der Waals surface area contributed by atoms with Gasteiger partial charge in [-0.05, 0) is 26.8 Å². The van der Waals surface area contributed by atoms with E-state index in [0.29, 0.717) is 17.1 Å². The van der Waals surface area contributed by atoms with Gasteiger partial charge in [0, 0.05) is 11.1 Å². The van der Waals surface area contributed by atoms with Crippen molar-refractivity contribution in [3.8, 4) is 11.5 Å². The van der Waals surface area contributed by atoms with Crippen LogP contribution in [0.25, 0.3) is 0 Å². The zero-order valence-electron chi connectivity index (χ0n) is 10.8. The molecule has 1 rings (SSSR count). The zero-order valence-corrected chi connectivity index (χ0v) is 10.8. The largest absolute Gasteiger partial charge is 0.496 e. The van der Waals surface area contributed by atoms with Crippen LogP contribution in [0, 0.1) is 6.92 Å². The van der Waals surface area contributed by atoms with E-state index in [0.717, 1.165) is 5.56 Å². The molecule has 4 heteroatoms. The Labute approximate surface area is 101 Å². The van der Waals surface area contributed by atoms with Gasteiger partial charge in [-0.1, -0.05) is 6.07 Å². The van der Waals surface area contributed by atoms with Crippen LogP contribution in [0.2, 0.25) is 0 Å². The molecule has 0 fully saturated rings. The van der Waals surface area contributed by atoms with Gasteiger partial charge in [-0.2, -0.15) is 0 Å². The Hall–Kier alpha value is -1.71. The van der Waals surface area contributed by atoms with Crippen molar-refractivity contribution < 1.29 is 19.4 Å². The van der Waals surface area contributed by atoms with Crippen molar-refractivity contribution in [3.63, 3.8) is 0 Å². The molecule has 0 unspecified atom stereocenters. The molecule has 0 aliphatic carbocycles. The molecule has 0 atom stereocenters. The molecule has 4 nitrogen and oxygen atoms in total. The number of carboxylic acid groups (broad SMARTS) is 1. The monoisotopic (exact) mass is 238 g/mol. The fraction of sp³-hybridized carbons (Fsp3) is 0.462. The van der Waals surface area contributed by atoms with Crippen LogP contribution >= 0.6 is 0 Å². The molecule has 0 spiro atoms. The summed E-state index contributed by atoms with van der Waals surface area (Å²) in [4.78, 5) is 11.3. The summed E-state index contributed by atoms with van der Waals surface area (Å²) >= 11 is 0. The summed E-state index contributed by atoms with van der Waals surface area (Å²) in [5, 5.41) is 9.25. The Kier molecular flexibility index (Phi) is 3.66. The lowest BCUT2D eigenvalue weighted by Gasteiger charge is -2.24. The van der Waals surface area contributed by atoms with Crippen LogP contribution in [0.5, 0.6) is 11.5 Å². The molecule has 17 heavy (non-hydrogen) atoms. The number of ether oxygens (including phenoxy) is 2. The maximum atomic E-state index is 11.3. The van der Waals surface area contributed by atoms with E-state index in [9.17, 15) is 9.90 Å². The van der Waals surface area contributed by atoms with Crippen molar-refractivity contribution in [1.82, 2.24) is 0 Å². The molecule has 0 saturated heterocycles. The molecular weight excluding hydrogens is 220 g/mol. The third-order valence-corrected chi connectivity index (χ3v) is 2.99. The van der Waals surface area contributed by atoms with Gasteiger partial charge in [-0.15, -0.1) is 0 Å². The smallest absolute Gasteiger partial charge is 0.313 e. The van der Waals surface area contributed by atoms with Crippen LogP contribution in [0.3, 0.4) is 0 Å². The lowest BCUT2D eigenvalue weighted by molar-refractivity contribution is -0.142. The van der Waals surface area contributed by atoms with Crippen molar-refractivity contribution >= 4 is 5.97 Å². The van der Waals surface area contributed by atoms with Crippen molar-refractivity contribution in [2.75, 3.05) is 14.2 Å². The Balaban J connectivity index is 3.46. The lowest BCUT2D eigenvalue weighted by atomic mass is 9.83. The highest BCUT2D eigenvalue weighted by atomic mass is 16.5. The minimum Gasteiger partial charge on any atom is -0.496 e. The summed E-state index contributed by atoms with van der Waals surface area (Å²) in [7, 11) is 3.10. The standard InChI is InChI=1S/C13H18O4/c1-8-10(16-4)7-6-9(11(8)17-5)13(2,3)12(14)15/h6-7H,1-5H3,(H,14,15).